The number of benzene rings is 1. The van der Waals surface area contributed by atoms with Crippen molar-refractivity contribution in [1.29, 1.82) is 0 Å². The largest absolute Gasteiger partial charge is 0.510 e. The summed E-state index contributed by atoms with van der Waals surface area (Å²) in [6, 6.07) is 1.63. The number of nitrogens with zero attached hydrogens (tertiary/aromatic N) is 1. The van der Waals surface area contributed by atoms with Gasteiger partial charge in [-0.2, -0.15) is 0 Å². The zero-order chi connectivity index (χ0) is 30.0. The van der Waals surface area contributed by atoms with Gasteiger partial charge in [0.15, 0.2) is 11.4 Å². The Labute approximate surface area is 229 Å². The van der Waals surface area contributed by atoms with E-state index in [4.69, 9.17) is 10.5 Å². The molecular formula is C27H33N3O10. The number of rotatable bonds is 6. The molecule has 0 aliphatic heterocycles. The highest BCUT2D eigenvalue weighted by Crippen LogP contribution is 2.56. The lowest BCUT2D eigenvalue weighted by molar-refractivity contribution is -0.162. The van der Waals surface area contributed by atoms with E-state index in [2.05, 4.69) is 5.32 Å². The fraction of sp³-hybridized carbons (Fsp3) is 0.481. The zero-order valence-electron chi connectivity index (χ0n) is 22.6. The quantitative estimate of drug-likeness (QED) is 0.139. The number of likely N-dealkylation sites (N-methyl/N-ethyl adjacent to an activating group) is 1. The van der Waals surface area contributed by atoms with Crippen LogP contribution in [0.2, 0.25) is 0 Å². The molecule has 0 bridgehead atoms. The smallest absolute Gasteiger partial charge is 0.325 e. The van der Waals surface area contributed by atoms with Crippen molar-refractivity contribution in [3.8, 4) is 5.75 Å². The number of hydrogen-bond acceptors (Lipinski definition) is 12. The van der Waals surface area contributed by atoms with Crippen LogP contribution in [0.5, 0.6) is 5.75 Å². The summed E-state index contributed by atoms with van der Waals surface area (Å²) < 4.78 is 5.05. The minimum absolute atomic E-state index is 0.0109. The topological polar surface area (TPSA) is 220 Å². The first kappa shape index (κ1) is 29.1. The van der Waals surface area contributed by atoms with Crippen molar-refractivity contribution < 1.29 is 49.4 Å². The molecule has 0 radical (unpaired) electrons. The highest BCUT2D eigenvalue weighted by Gasteiger charge is 2.67. The van der Waals surface area contributed by atoms with E-state index < -0.39 is 87.4 Å². The van der Waals surface area contributed by atoms with Crippen LogP contribution in [0, 0.1) is 11.8 Å². The van der Waals surface area contributed by atoms with Gasteiger partial charge >= 0.3 is 5.97 Å². The molecule has 13 nitrogen and oxygen atoms in total. The highest BCUT2D eigenvalue weighted by atomic mass is 16.5. The lowest BCUT2D eigenvalue weighted by Gasteiger charge is -2.53. The number of esters is 1. The second-order valence-electron chi connectivity index (χ2n) is 10.9. The third-order valence-corrected chi connectivity index (χ3v) is 7.92. The van der Waals surface area contributed by atoms with E-state index in [1.54, 1.807) is 20.8 Å². The van der Waals surface area contributed by atoms with Crippen LogP contribution in [0.3, 0.4) is 0 Å². The Morgan fingerprint density at radius 3 is 2.35 bits per heavy atom. The van der Waals surface area contributed by atoms with Crippen molar-refractivity contribution in [2.24, 2.45) is 17.6 Å². The van der Waals surface area contributed by atoms with Gasteiger partial charge in [-0.15, -0.1) is 0 Å². The molecule has 3 aliphatic rings. The molecule has 1 amide bonds. The molecular weight excluding hydrogens is 526 g/mol. The molecule has 3 aliphatic carbocycles. The van der Waals surface area contributed by atoms with Crippen LogP contribution >= 0.6 is 0 Å². The molecule has 0 heterocycles. The van der Waals surface area contributed by atoms with E-state index in [1.165, 1.54) is 31.1 Å². The second-order valence-corrected chi connectivity index (χ2v) is 10.9. The molecule has 0 unspecified atom stereocenters. The van der Waals surface area contributed by atoms with E-state index in [-0.39, 0.29) is 23.9 Å². The van der Waals surface area contributed by atoms with Crippen LogP contribution in [-0.2, 0) is 19.1 Å². The lowest BCUT2D eigenvalue weighted by atomic mass is 9.55. The molecule has 0 saturated carbocycles. The fourth-order valence-corrected chi connectivity index (χ4v) is 6.24. The van der Waals surface area contributed by atoms with Crippen molar-refractivity contribution in [3.63, 3.8) is 0 Å². The van der Waals surface area contributed by atoms with Crippen LogP contribution in [0.25, 0.3) is 0 Å². The summed E-state index contributed by atoms with van der Waals surface area (Å²) >= 11 is 0. The predicted octanol–water partition coefficient (Wildman–Crippen LogP) is 0.0159. The number of amides is 1. The van der Waals surface area contributed by atoms with E-state index in [1.807, 2.05) is 0 Å². The Morgan fingerprint density at radius 1 is 1.18 bits per heavy atom. The van der Waals surface area contributed by atoms with Gasteiger partial charge in [0.05, 0.1) is 35.4 Å². The number of phenols is 1. The molecule has 1 aromatic rings. The molecule has 1 aromatic carbocycles. The molecule has 4 rings (SSSR count). The van der Waals surface area contributed by atoms with E-state index in [0.29, 0.717) is 5.56 Å². The highest BCUT2D eigenvalue weighted by molar-refractivity contribution is 6.25. The first-order valence-electron chi connectivity index (χ1n) is 12.7. The van der Waals surface area contributed by atoms with E-state index >= 15 is 0 Å². The molecule has 0 spiro atoms. The predicted molar refractivity (Wildman–Crippen MR) is 139 cm³/mol. The minimum Gasteiger partial charge on any atom is -0.510 e. The van der Waals surface area contributed by atoms with Gasteiger partial charge in [-0.1, -0.05) is 13.0 Å². The molecule has 0 saturated heterocycles. The Hall–Kier alpha value is -3.94. The number of ether oxygens (including phenoxy) is 1. The number of anilines is 1. The van der Waals surface area contributed by atoms with Crippen LogP contribution < -0.4 is 11.1 Å². The Morgan fingerprint density at radius 2 is 1.80 bits per heavy atom. The Bertz CT molecular complexity index is 1380. The average molecular weight is 560 g/mol. The van der Waals surface area contributed by atoms with Crippen LogP contribution in [0.4, 0.5) is 5.69 Å². The van der Waals surface area contributed by atoms with Gasteiger partial charge in [-0.05, 0) is 45.5 Å². The Balaban J connectivity index is 1.88. The van der Waals surface area contributed by atoms with Crippen LogP contribution in [0.1, 0.15) is 42.6 Å². The molecule has 40 heavy (non-hydrogen) atoms. The third-order valence-electron chi connectivity index (χ3n) is 7.92. The van der Waals surface area contributed by atoms with Crippen molar-refractivity contribution in [2.75, 3.05) is 26.0 Å². The summed E-state index contributed by atoms with van der Waals surface area (Å²) in [7, 11) is 2.93. The Kier molecular flexibility index (Phi) is 7.20. The number of phenolic OH excluding ortho intramolecular Hbond substituents is 1. The van der Waals surface area contributed by atoms with E-state index in [0.717, 1.165) is 0 Å². The van der Waals surface area contributed by atoms with Gasteiger partial charge < -0.3 is 41.3 Å². The molecule has 8 N–H and O–H groups in total. The maximum absolute atomic E-state index is 13.8. The van der Waals surface area contributed by atoms with Crippen molar-refractivity contribution in [1.82, 2.24) is 4.90 Å². The number of Topliss-reactive ketones (excluding diaryl/α,β-unsaturated/α-hetero) is 2. The van der Waals surface area contributed by atoms with Crippen LogP contribution in [0.15, 0.2) is 34.8 Å². The molecule has 13 heteroatoms. The summed E-state index contributed by atoms with van der Waals surface area (Å²) in [6.45, 7) is 4.65. The second kappa shape index (κ2) is 9.91. The van der Waals surface area contributed by atoms with Crippen LogP contribution in [-0.4, -0.2) is 98.4 Å². The van der Waals surface area contributed by atoms with Gasteiger partial charge in [0.2, 0.25) is 5.78 Å². The van der Waals surface area contributed by atoms with Gasteiger partial charge in [-0.25, -0.2) is 0 Å². The number of ketones is 2. The summed E-state index contributed by atoms with van der Waals surface area (Å²) in [5.74, 6) is -10.3. The number of carbonyl (C=O) groups is 4. The fourth-order valence-electron chi connectivity index (χ4n) is 6.24. The van der Waals surface area contributed by atoms with Gasteiger partial charge in [0.25, 0.3) is 5.91 Å². The third kappa shape index (κ3) is 4.03. The number of primary amides is 1. The van der Waals surface area contributed by atoms with Crippen molar-refractivity contribution in [2.45, 2.75) is 50.5 Å². The van der Waals surface area contributed by atoms with Crippen molar-refractivity contribution in [3.05, 3.63) is 45.9 Å². The van der Waals surface area contributed by atoms with Gasteiger partial charge in [0.1, 0.15) is 29.4 Å². The SMILES string of the molecule is CC(C)OC(=O)CNc1ccc2c(c1O)C(=O)C1=C(O)[C@@]3(O)C(=O)C(C(N)=O)=C(O)[C@@H](N(C)C)[C@H]3[C@H](O)[C@H]1[C@@H]2C. The minimum atomic E-state index is -2.99. The standard InChI is InChI=1S/C27H33N3O10/c1-9(2)40-13(31)8-29-12-7-6-11-10(3)14-16(21(33)15(11)20(12)32)24(36)27(39)18(22(14)34)19(30(4)5)23(35)17(25(27)37)26(28)38/h6-7,9-10,14,18-19,22,29,32,34-36,39H,8H2,1-5H3,(H2,28,38)/t10-,14+,18+,19+,22-,27-/m1/s1. The lowest BCUT2D eigenvalue weighted by Crippen LogP contribution is -2.68. The number of nitrogens with two attached hydrogens (primary N) is 1. The number of carbonyl (C=O) groups excluding carboxylic acids is 4. The summed E-state index contributed by atoms with van der Waals surface area (Å²) in [5, 5.41) is 59.3. The van der Waals surface area contributed by atoms with E-state index in [9.17, 15) is 44.7 Å². The first-order chi connectivity index (χ1) is 18.6. The number of fused-ring (bicyclic) bond motifs is 3. The first-order valence-corrected chi connectivity index (χ1v) is 12.7. The van der Waals surface area contributed by atoms with Crippen molar-refractivity contribution >= 4 is 29.1 Å². The maximum atomic E-state index is 13.8. The summed E-state index contributed by atoms with van der Waals surface area (Å²) in [4.78, 5) is 52.7. The average Bonchev–Trinajstić information content (AvgIpc) is 2.84. The number of hydrogen-bond donors (Lipinski definition) is 7. The molecule has 216 valence electrons. The number of aliphatic hydroxyl groups excluding tert-OH is 3. The monoisotopic (exact) mass is 559 g/mol. The van der Waals surface area contributed by atoms with Gasteiger partial charge in [-0.3, -0.25) is 24.1 Å². The summed E-state index contributed by atoms with van der Waals surface area (Å²) in [6.07, 6.45) is -2.05. The molecule has 6 atom stereocenters. The zero-order valence-corrected chi connectivity index (χ0v) is 22.6. The maximum Gasteiger partial charge on any atom is 0.325 e. The number of nitrogens with one attached hydrogen (secondary N) is 1. The molecule has 0 aromatic heterocycles. The molecule has 0 fully saturated rings. The number of aromatic hydroxyl groups is 1. The normalized spacial score (nSPS) is 29.8. The van der Waals surface area contributed by atoms with Gasteiger partial charge in [0, 0.05) is 11.5 Å². The number of aliphatic hydroxyl groups is 4. The summed E-state index contributed by atoms with van der Waals surface area (Å²) in [5.41, 5.74) is 0.908.